The average Bonchev–Trinajstić information content (AvgIpc) is 2.92. The first-order valence-electron chi connectivity index (χ1n) is 6.49. The molecular weight excluding hydrogens is 237 g/mol. The van der Waals surface area contributed by atoms with Crippen LogP contribution in [0, 0.1) is 12.7 Å². The molecule has 0 amide bonds. The molecule has 2 aromatic rings. The van der Waals surface area contributed by atoms with Crippen molar-refractivity contribution in [3.8, 4) is 0 Å². The van der Waals surface area contributed by atoms with Gasteiger partial charge in [-0.05, 0) is 30.2 Å². The van der Waals surface area contributed by atoms with Crippen LogP contribution in [0.3, 0.4) is 0 Å². The molecule has 1 unspecified atom stereocenters. The molecule has 0 aliphatic carbocycles. The number of nitrogens with one attached hydrogen (secondary N) is 1. The van der Waals surface area contributed by atoms with Gasteiger partial charge in [0, 0.05) is 12.1 Å². The molecular formula is C17H16FN. The van der Waals surface area contributed by atoms with Crippen molar-refractivity contribution in [2.45, 2.75) is 13.0 Å². The Bertz CT molecular complexity index is 616. The molecule has 1 heterocycles. The molecule has 0 saturated heterocycles. The van der Waals surface area contributed by atoms with Crippen molar-refractivity contribution in [3.63, 3.8) is 0 Å². The van der Waals surface area contributed by atoms with Gasteiger partial charge in [0.1, 0.15) is 5.82 Å². The van der Waals surface area contributed by atoms with Crippen LogP contribution in [0.15, 0.2) is 54.6 Å². The van der Waals surface area contributed by atoms with E-state index in [1.54, 1.807) is 12.1 Å². The fourth-order valence-corrected chi connectivity index (χ4v) is 2.48. The minimum atomic E-state index is -0.146. The van der Waals surface area contributed by atoms with Crippen LogP contribution in [-0.4, -0.2) is 6.54 Å². The van der Waals surface area contributed by atoms with Crippen LogP contribution >= 0.6 is 0 Å². The molecule has 96 valence electrons. The summed E-state index contributed by atoms with van der Waals surface area (Å²) in [6.07, 6.45) is 2.12. The van der Waals surface area contributed by atoms with Gasteiger partial charge in [0.25, 0.3) is 0 Å². The summed E-state index contributed by atoms with van der Waals surface area (Å²) < 4.78 is 13.9. The maximum Gasteiger partial charge on any atom is 0.130 e. The van der Waals surface area contributed by atoms with Gasteiger partial charge in [-0.15, -0.1) is 0 Å². The summed E-state index contributed by atoms with van der Waals surface area (Å²) in [6, 6.07) is 15.7. The summed E-state index contributed by atoms with van der Waals surface area (Å²) in [4.78, 5) is 0. The first-order chi connectivity index (χ1) is 9.24. The van der Waals surface area contributed by atoms with E-state index in [4.69, 9.17) is 0 Å². The quantitative estimate of drug-likeness (QED) is 0.857. The van der Waals surface area contributed by atoms with Crippen molar-refractivity contribution >= 4 is 5.57 Å². The third-order valence-corrected chi connectivity index (χ3v) is 3.51. The van der Waals surface area contributed by atoms with E-state index in [1.165, 1.54) is 5.56 Å². The molecule has 3 rings (SSSR count). The van der Waals surface area contributed by atoms with Crippen LogP contribution in [-0.2, 0) is 0 Å². The van der Waals surface area contributed by atoms with E-state index in [0.717, 1.165) is 11.1 Å². The first kappa shape index (κ1) is 12.1. The zero-order chi connectivity index (χ0) is 13.2. The maximum atomic E-state index is 13.9. The third kappa shape index (κ3) is 2.45. The van der Waals surface area contributed by atoms with Crippen molar-refractivity contribution in [1.82, 2.24) is 5.32 Å². The highest BCUT2D eigenvalue weighted by molar-refractivity contribution is 5.71. The Labute approximate surface area is 112 Å². The van der Waals surface area contributed by atoms with Crippen LogP contribution in [0.2, 0.25) is 0 Å². The third-order valence-electron chi connectivity index (χ3n) is 3.51. The molecule has 1 atom stereocenters. The molecule has 0 saturated carbocycles. The molecule has 1 nitrogen and oxygen atoms in total. The molecule has 19 heavy (non-hydrogen) atoms. The summed E-state index contributed by atoms with van der Waals surface area (Å²) in [5.74, 6) is -0.146. The Morgan fingerprint density at radius 1 is 1.11 bits per heavy atom. The fourth-order valence-electron chi connectivity index (χ4n) is 2.48. The number of hydrogen-bond donors (Lipinski definition) is 1. The van der Waals surface area contributed by atoms with Crippen LogP contribution in [0.5, 0.6) is 0 Å². The van der Waals surface area contributed by atoms with Gasteiger partial charge in [-0.2, -0.15) is 0 Å². The molecule has 0 spiro atoms. The Balaban J connectivity index is 1.93. The number of aryl methyl sites for hydroxylation is 1. The van der Waals surface area contributed by atoms with Crippen LogP contribution in [0.4, 0.5) is 4.39 Å². The van der Waals surface area contributed by atoms with Gasteiger partial charge in [0.15, 0.2) is 0 Å². The van der Waals surface area contributed by atoms with Gasteiger partial charge in [-0.25, -0.2) is 4.39 Å². The number of rotatable bonds is 2. The lowest BCUT2D eigenvalue weighted by molar-refractivity contribution is 0.622. The zero-order valence-electron chi connectivity index (χ0n) is 10.9. The number of hydrogen-bond acceptors (Lipinski definition) is 1. The zero-order valence-corrected chi connectivity index (χ0v) is 10.9. The highest BCUT2D eigenvalue weighted by Gasteiger charge is 2.19. The minimum absolute atomic E-state index is 0.146. The smallest absolute Gasteiger partial charge is 0.130 e. The largest absolute Gasteiger partial charge is 0.303 e. The van der Waals surface area contributed by atoms with Gasteiger partial charge >= 0.3 is 0 Å². The monoisotopic (exact) mass is 253 g/mol. The second-order valence-corrected chi connectivity index (χ2v) is 4.94. The number of halogens is 1. The van der Waals surface area contributed by atoms with E-state index in [-0.39, 0.29) is 11.9 Å². The molecule has 0 aromatic heterocycles. The summed E-state index contributed by atoms with van der Waals surface area (Å²) in [5, 5.41) is 3.41. The summed E-state index contributed by atoms with van der Waals surface area (Å²) >= 11 is 0. The lowest BCUT2D eigenvalue weighted by Crippen LogP contribution is -2.14. The predicted octanol–water partition coefficient (Wildman–Crippen LogP) is 3.86. The average molecular weight is 253 g/mol. The SMILES string of the molecule is Cc1ccc(F)c(C2=CC(c3ccccc3)NC2)c1. The fraction of sp³-hybridized carbons (Fsp3) is 0.176. The Hall–Kier alpha value is -1.93. The highest BCUT2D eigenvalue weighted by Crippen LogP contribution is 2.28. The number of benzene rings is 2. The van der Waals surface area contributed by atoms with Crippen LogP contribution < -0.4 is 5.32 Å². The van der Waals surface area contributed by atoms with Gasteiger partial charge < -0.3 is 5.32 Å². The molecule has 2 aromatic carbocycles. The van der Waals surface area contributed by atoms with Gasteiger partial charge in [-0.1, -0.05) is 48.0 Å². The lowest BCUT2D eigenvalue weighted by Gasteiger charge is -2.07. The summed E-state index contributed by atoms with van der Waals surface area (Å²) in [6.45, 7) is 2.69. The molecule has 1 N–H and O–H groups in total. The van der Waals surface area contributed by atoms with Crippen molar-refractivity contribution in [3.05, 3.63) is 77.1 Å². The van der Waals surface area contributed by atoms with Gasteiger partial charge in [-0.3, -0.25) is 0 Å². The molecule has 0 fully saturated rings. The highest BCUT2D eigenvalue weighted by atomic mass is 19.1. The van der Waals surface area contributed by atoms with Crippen LogP contribution in [0.25, 0.3) is 5.57 Å². The second kappa shape index (κ2) is 4.98. The molecule has 1 aliphatic rings. The van der Waals surface area contributed by atoms with Gasteiger partial charge in [0.05, 0.1) is 6.04 Å². The first-order valence-corrected chi connectivity index (χ1v) is 6.49. The lowest BCUT2D eigenvalue weighted by atomic mass is 10.0. The van der Waals surface area contributed by atoms with Gasteiger partial charge in [0.2, 0.25) is 0 Å². The standard InChI is InChI=1S/C17H16FN/c1-12-7-8-16(18)15(9-12)14-10-17(19-11-14)13-5-3-2-4-6-13/h2-10,17,19H,11H2,1H3. The molecule has 1 aliphatic heterocycles. The van der Waals surface area contributed by atoms with E-state index in [1.807, 2.05) is 31.2 Å². The van der Waals surface area contributed by atoms with Crippen LogP contribution in [0.1, 0.15) is 22.7 Å². The van der Waals surface area contributed by atoms with Crippen molar-refractivity contribution in [2.75, 3.05) is 6.54 Å². The summed E-state index contributed by atoms with van der Waals surface area (Å²) in [5.41, 5.74) is 4.05. The normalized spacial score (nSPS) is 18.4. The van der Waals surface area contributed by atoms with Crippen molar-refractivity contribution in [1.29, 1.82) is 0 Å². The topological polar surface area (TPSA) is 12.0 Å². The minimum Gasteiger partial charge on any atom is -0.303 e. The van der Waals surface area contributed by atoms with Crippen molar-refractivity contribution in [2.24, 2.45) is 0 Å². The molecule has 0 radical (unpaired) electrons. The maximum absolute atomic E-state index is 13.9. The second-order valence-electron chi connectivity index (χ2n) is 4.94. The Morgan fingerprint density at radius 2 is 1.89 bits per heavy atom. The Kier molecular flexibility index (Phi) is 3.18. The van der Waals surface area contributed by atoms with E-state index in [0.29, 0.717) is 12.1 Å². The van der Waals surface area contributed by atoms with E-state index in [9.17, 15) is 4.39 Å². The predicted molar refractivity (Wildman–Crippen MR) is 76.3 cm³/mol. The van der Waals surface area contributed by atoms with E-state index < -0.39 is 0 Å². The Morgan fingerprint density at radius 3 is 2.68 bits per heavy atom. The summed E-state index contributed by atoms with van der Waals surface area (Å²) in [7, 11) is 0. The van der Waals surface area contributed by atoms with E-state index >= 15 is 0 Å². The molecule has 2 heteroatoms. The van der Waals surface area contributed by atoms with Crippen molar-refractivity contribution < 1.29 is 4.39 Å². The molecule has 0 bridgehead atoms. The van der Waals surface area contributed by atoms with E-state index in [2.05, 4.69) is 23.5 Å².